The minimum absolute atomic E-state index is 0.0956. The van der Waals surface area contributed by atoms with E-state index in [0.29, 0.717) is 6.42 Å². The Bertz CT molecular complexity index is 593. The number of benzene rings is 1. The van der Waals surface area contributed by atoms with Crippen LogP contribution in [-0.4, -0.2) is 28.4 Å². The summed E-state index contributed by atoms with van der Waals surface area (Å²) >= 11 is 3.56. The van der Waals surface area contributed by atoms with Crippen molar-refractivity contribution < 1.29 is 9.84 Å². The second kappa shape index (κ2) is 5.75. The summed E-state index contributed by atoms with van der Waals surface area (Å²) in [5.74, 6) is 1.73. The first kappa shape index (κ1) is 14.1. The zero-order valence-electron chi connectivity index (χ0n) is 11.3. The van der Waals surface area contributed by atoms with E-state index in [9.17, 15) is 0 Å². The summed E-state index contributed by atoms with van der Waals surface area (Å²) in [6.45, 7) is 2.10. The molecule has 0 spiro atoms. The van der Waals surface area contributed by atoms with Gasteiger partial charge in [0, 0.05) is 19.0 Å². The van der Waals surface area contributed by atoms with Crippen LogP contribution in [0.25, 0.3) is 11.3 Å². The number of halogens is 1. The van der Waals surface area contributed by atoms with Crippen LogP contribution in [0.1, 0.15) is 11.4 Å². The molecule has 19 heavy (non-hydrogen) atoms. The van der Waals surface area contributed by atoms with Crippen LogP contribution in [-0.2, 0) is 13.5 Å². The fourth-order valence-electron chi connectivity index (χ4n) is 2.06. The molecule has 0 aliphatic rings. The van der Waals surface area contributed by atoms with E-state index in [4.69, 9.17) is 9.84 Å². The summed E-state index contributed by atoms with van der Waals surface area (Å²) in [4.78, 5) is 4.58. The molecule has 0 fully saturated rings. The number of hydrogen-bond donors (Lipinski definition) is 1. The molecule has 1 aromatic heterocycles. The number of rotatable bonds is 4. The first-order chi connectivity index (χ1) is 9.08. The smallest absolute Gasteiger partial charge is 0.121 e. The van der Waals surface area contributed by atoms with Crippen molar-refractivity contribution in [2.45, 2.75) is 13.3 Å². The van der Waals surface area contributed by atoms with Crippen molar-refractivity contribution in [1.82, 2.24) is 9.55 Å². The standard InChI is InChI=1S/C14H17BrN2O2/c1-9-8-10(4-5-11(9)19-3)13-14(15)17(2)12(16-13)6-7-18/h4-5,8,18H,6-7H2,1-3H3. The summed E-state index contributed by atoms with van der Waals surface area (Å²) < 4.78 is 8.13. The number of aliphatic hydroxyl groups excluding tert-OH is 1. The number of imidazole rings is 1. The number of nitrogens with zero attached hydrogens (tertiary/aromatic N) is 2. The molecular formula is C14H17BrN2O2. The minimum atomic E-state index is 0.0956. The lowest BCUT2D eigenvalue weighted by molar-refractivity contribution is 0.295. The quantitative estimate of drug-likeness (QED) is 0.940. The molecule has 2 aromatic rings. The molecule has 4 nitrogen and oxygen atoms in total. The maximum absolute atomic E-state index is 9.04. The van der Waals surface area contributed by atoms with Crippen LogP contribution >= 0.6 is 15.9 Å². The number of aromatic nitrogens is 2. The Morgan fingerprint density at radius 2 is 2.16 bits per heavy atom. The van der Waals surface area contributed by atoms with Crippen molar-refractivity contribution in [3.8, 4) is 17.0 Å². The summed E-state index contributed by atoms with van der Waals surface area (Å²) in [5, 5.41) is 9.04. The highest BCUT2D eigenvalue weighted by molar-refractivity contribution is 9.10. The lowest BCUT2D eigenvalue weighted by Crippen LogP contribution is -2.00. The van der Waals surface area contributed by atoms with Crippen LogP contribution < -0.4 is 4.74 Å². The lowest BCUT2D eigenvalue weighted by atomic mass is 10.1. The van der Waals surface area contributed by atoms with Gasteiger partial charge in [0.2, 0.25) is 0 Å². The predicted octanol–water partition coefficient (Wildman–Crippen LogP) is 2.70. The van der Waals surface area contributed by atoms with Crippen LogP contribution in [0, 0.1) is 6.92 Å². The van der Waals surface area contributed by atoms with E-state index < -0.39 is 0 Å². The Kier molecular flexibility index (Phi) is 4.27. The molecule has 0 aliphatic carbocycles. The molecule has 102 valence electrons. The topological polar surface area (TPSA) is 47.3 Å². The Hall–Kier alpha value is -1.33. The van der Waals surface area contributed by atoms with Crippen LogP contribution in [0.3, 0.4) is 0 Å². The van der Waals surface area contributed by atoms with Gasteiger partial charge in [-0.15, -0.1) is 0 Å². The molecule has 0 saturated carbocycles. The van der Waals surface area contributed by atoms with Crippen molar-refractivity contribution in [2.75, 3.05) is 13.7 Å². The fourth-order valence-corrected chi connectivity index (χ4v) is 2.58. The average molecular weight is 325 g/mol. The van der Waals surface area contributed by atoms with Gasteiger partial charge in [-0.05, 0) is 46.6 Å². The minimum Gasteiger partial charge on any atom is -0.496 e. The maximum Gasteiger partial charge on any atom is 0.121 e. The normalized spacial score (nSPS) is 10.8. The molecule has 0 unspecified atom stereocenters. The number of aliphatic hydroxyl groups is 1. The highest BCUT2D eigenvalue weighted by atomic mass is 79.9. The molecular weight excluding hydrogens is 308 g/mol. The molecule has 0 bridgehead atoms. The molecule has 0 amide bonds. The van der Waals surface area contributed by atoms with Gasteiger partial charge >= 0.3 is 0 Å². The summed E-state index contributed by atoms with van der Waals surface area (Å²) in [5.41, 5.74) is 2.99. The van der Waals surface area contributed by atoms with Gasteiger partial charge in [0.15, 0.2) is 0 Å². The number of methoxy groups -OCH3 is 1. The summed E-state index contributed by atoms with van der Waals surface area (Å²) in [6, 6.07) is 5.98. The van der Waals surface area contributed by atoms with Gasteiger partial charge in [-0.1, -0.05) is 0 Å². The highest BCUT2D eigenvalue weighted by Gasteiger charge is 2.14. The Morgan fingerprint density at radius 3 is 2.74 bits per heavy atom. The Balaban J connectivity index is 2.47. The fraction of sp³-hybridized carbons (Fsp3) is 0.357. The van der Waals surface area contributed by atoms with E-state index in [-0.39, 0.29) is 6.61 Å². The van der Waals surface area contributed by atoms with Gasteiger partial charge in [0.25, 0.3) is 0 Å². The van der Waals surface area contributed by atoms with Crippen LogP contribution in [0.5, 0.6) is 5.75 Å². The third-order valence-electron chi connectivity index (χ3n) is 3.12. The van der Waals surface area contributed by atoms with Crippen LogP contribution in [0.4, 0.5) is 0 Å². The van der Waals surface area contributed by atoms with Crippen molar-refractivity contribution >= 4 is 15.9 Å². The molecule has 0 atom stereocenters. The monoisotopic (exact) mass is 324 g/mol. The zero-order valence-corrected chi connectivity index (χ0v) is 12.9. The van der Waals surface area contributed by atoms with Crippen molar-refractivity contribution in [2.24, 2.45) is 7.05 Å². The molecule has 0 saturated heterocycles. The van der Waals surface area contributed by atoms with E-state index in [1.165, 1.54) is 0 Å². The molecule has 1 heterocycles. The van der Waals surface area contributed by atoms with Gasteiger partial charge in [-0.2, -0.15) is 0 Å². The molecule has 1 N–H and O–H groups in total. The first-order valence-corrected chi connectivity index (χ1v) is 6.84. The number of ether oxygens (including phenoxy) is 1. The van der Waals surface area contributed by atoms with Gasteiger partial charge in [0.1, 0.15) is 21.9 Å². The predicted molar refractivity (Wildman–Crippen MR) is 78.4 cm³/mol. The maximum atomic E-state index is 9.04. The lowest BCUT2D eigenvalue weighted by Gasteiger charge is -2.06. The van der Waals surface area contributed by atoms with Crippen LogP contribution in [0.15, 0.2) is 22.8 Å². The van der Waals surface area contributed by atoms with Gasteiger partial charge in [-0.25, -0.2) is 4.98 Å². The molecule has 2 rings (SSSR count). The third kappa shape index (κ3) is 2.67. The van der Waals surface area contributed by atoms with Crippen LogP contribution in [0.2, 0.25) is 0 Å². The third-order valence-corrected chi connectivity index (χ3v) is 4.03. The Morgan fingerprint density at radius 1 is 1.42 bits per heavy atom. The summed E-state index contributed by atoms with van der Waals surface area (Å²) in [7, 11) is 3.60. The molecule has 5 heteroatoms. The van der Waals surface area contributed by atoms with Gasteiger partial charge < -0.3 is 14.4 Å². The average Bonchev–Trinajstić information content (AvgIpc) is 2.67. The highest BCUT2D eigenvalue weighted by Crippen LogP contribution is 2.31. The van der Waals surface area contributed by atoms with E-state index in [2.05, 4.69) is 27.0 Å². The summed E-state index contributed by atoms with van der Waals surface area (Å²) in [6.07, 6.45) is 0.546. The van der Waals surface area contributed by atoms with Crippen molar-refractivity contribution in [3.63, 3.8) is 0 Å². The van der Waals surface area contributed by atoms with Gasteiger partial charge in [0.05, 0.1) is 13.7 Å². The first-order valence-electron chi connectivity index (χ1n) is 6.05. The van der Waals surface area contributed by atoms with Gasteiger partial charge in [-0.3, -0.25) is 0 Å². The Labute approximate surface area is 121 Å². The van der Waals surface area contributed by atoms with E-state index in [1.807, 2.05) is 30.7 Å². The van der Waals surface area contributed by atoms with E-state index in [1.54, 1.807) is 7.11 Å². The van der Waals surface area contributed by atoms with Crippen molar-refractivity contribution in [1.29, 1.82) is 0 Å². The second-order valence-electron chi connectivity index (χ2n) is 4.38. The van der Waals surface area contributed by atoms with E-state index in [0.717, 1.165) is 33.0 Å². The second-order valence-corrected chi connectivity index (χ2v) is 5.14. The molecule has 1 aromatic carbocycles. The molecule has 0 radical (unpaired) electrons. The SMILES string of the molecule is COc1ccc(-c2nc(CCO)n(C)c2Br)cc1C. The zero-order chi connectivity index (χ0) is 14.0. The largest absolute Gasteiger partial charge is 0.496 e. The number of aryl methyl sites for hydroxylation is 1. The molecule has 0 aliphatic heterocycles. The number of hydrogen-bond acceptors (Lipinski definition) is 3. The van der Waals surface area contributed by atoms with Crippen molar-refractivity contribution in [3.05, 3.63) is 34.2 Å². The van der Waals surface area contributed by atoms with E-state index >= 15 is 0 Å².